The summed E-state index contributed by atoms with van der Waals surface area (Å²) in [5.74, 6) is 2.58. The topological polar surface area (TPSA) is 54.0 Å². The Kier molecular flexibility index (Phi) is 7.92. The molecule has 1 aliphatic carbocycles. The van der Waals surface area contributed by atoms with Gasteiger partial charge in [-0.15, -0.1) is 0 Å². The maximum absolute atomic E-state index is 13.0. The van der Waals surface area contributed by atoms with Gasteiger partial charge in [-0.25, -0.2) is 0 Å². The van der Waals surface area contributed by atoms with E-state index in [0.717, 1.165) is 22.3 Å². The summed E-state index contributed by atoms with van der Waals surface area (Å²) in [5, 5.41) is 0. The summed E-state index contributed by atoms with van der Waals surface area (Å²) in [6, 6.07) is 11.2. The minimum Gasteiger partial charge on any atom is -0.493 e. The van der Waals surface area contributed by atoms with Crippen molar-refractivity contribution in [2.45, 2.75) is 12.8 Å². The van der Waals surface area contributed by atoms with Gasteiger partial charge >= 0.3 is 0 Å². The van der Waals surface area contributed by atoms with Crippen molar-refractivity contribution in [3.63, 3.8) is 0 Å². The number of methoxy groups -OCH3 is 2. The van der Waals surface area contributed by atoms with Crippen LogP contribution in [-0.4, -0.2) is 33.2 Å². The molecule has 5 heteroatoms. The van der Waals surface area contributed by atoms with Crippen molar-refractivity contribution in [2.24, 2.45) is 0 Å². The Balaban J connectivity index is 1.79. The molecule has 0 heterocycles. The highest BCUT2D eigenvalue weighted by molar-refractivity contribution is 6.15. The first-order chi connectivity index (χ1) is 15.6. The number of hydrogen-bond acceptors (Lipinski definition) is 5. The van der Waals surface area contributed by atoms with Gasteiger partial charge in [0, 0.05) is 11.1 Å². The first-order valence-electron chi connectivity index (χ1n) is 10.4. The van der Waals surface area contributed by atoms with Gasteiger partial charge < -0.3 is 18.9 Å². The first-order valence-corrected chi connectivity index (χ1v) is 10.4. The summed E-state index contributed by atoms with van der Waals surface area (Å²) in [6.07, 6.45) is 8.57. The van der Waals surface area contributed by atoms with E-state index in [0.29, 0.717) is 49.1 Å². The molecule has 5 nitrogen and oxygen atoms in total. The van der Waals surface area contributed by atoms with E-state index in [1.807, 2.05) is 48.6 Å². The molecule has 2 aromatic carbocycles. The SMILES string of the molecule is C=CCOc1ccc(/C=C2\CC/C(=C\c3ccc(OCC=C)c(OC)c3)C2=O)cc1OC. The second-order valence-electron chi connectivity index (χ2n) is 7.19. The molecule has 1 aliphatic rings. The lowest BCUT2D eigenvalue weighted by Gasteiger charge is -2.10. The van der Waals surface area contributed by atoms with Gasteiger partial charge in [-0.2, -0.15) is 0 Å². The van der Waals surface area contributed by atoms with Gasteiger partial charge in [-0.05, 0) is 60.4 Å². The van der Waals surface area contributed by atoms with Gasteiger partial charge in [0.25, 0.3) is 0 Å². The Morgan fingerprint density at radius 1 is 0.750 bits per heavy atom. The number of carbonyl (C=O) groups is 1. The van der Waals surface area contributed by atoms with Gasteiger partial charge in [0.2, 0.25) is 0 Å². The number of hydrogen-bond donors (Lipinski definition) is 0. The Morgan fingerprint density at radius 3 is 1.56 bits per heavy atom. The predicted octanol–water partition coefficient (Wildman–Crippen LogP) is 5.66. The van der Waals surface area contributed by atoms with Crippen molar-refractivity contribution in [3.8, 4) is 23.0 Å². The lowest BCUT2D eigenvalue weighted by molar-refractivity contribution is -0.111. The van der Waals surface area contributed by atoms with Gasteiger partial charge in [-0.3, -0.25) is 4.79 Å². The maximum atomic E-state index is 13.0. The van der Waals surface area contributed by atoms with Crippen LogP contribution in [0.5, 0.6) is 23.0 Å². The smallest absolute Gasteiger partial charge is 0.185 e. The van der Waals surface area contributed by atoms with Crippen LogP contribution < -0.4 is 18.9 Å². The number of allylic oxidation sites excluding steroid dienone is 2. The quantitative estimate of drug-likeness (QED) is 0.358. The molecular weight excluding hydrogens is 404 g/mol. The molecule has 0 unspecified atom stereocenters. The fourth-order valence-electron chi connectivity index (χ4n) is 3.46. The summed E-state index contributed by atoms with van der Waals surface area (Å²) in [4.78, 5) is 13.0. The summed E-state index contributed by atoms with van der Waals surface area (Å²) in [6.45, 7) is 8.10. The van der Waals surface area contributed by atoms with Crippen LogP contribution in [0, 0.1) is 0 Å². The molecule has 0 aliphatic heterocycles. The average molecular weight is 433 g/mol. The third-order valence-corrected chi connectivity index (χ3v) is 5.02. The molecule has 0 saturated heterocycles. The first kappa shape index (κ1) is 22.9. The van der Waals surface area contributed by atoms with Crippen molar-refractivity contribution in [1.82, 2.24) is 0 Å². The van der Waals surface area contributed by atoms with Crippen LogP contribution in [-0.2, 0) is 4.79 Å². The monoisotopic (exact) mass is 432 g/mol. The number of carbonyl (C=O) groups excluding carboxylic acids is 1. The molecule has 32 heavy (non-hydrogen) atoms. The van der Waals surface area contributed by atoms with Crippen LogP contribution >= 0.6 is 0 Å². The molecule has 0 bridgehead atoms. The normalized spacial score (nSPS) is 15.6. The number of benzene rings is 2. The zero-order valence-corrected chi connectivity index (χ0v) is 18.6. The standard InChI is InChI=1S/C27H28O5/c1-5-13-31-23-11-7-19(17-25(23)29-3)15-21-9-10-22(27(21)28)16-20-8-12-24(32-14-6-2)26(18-20)30-4/h5-8,11-12,15-18H,1-2,9-10,13-14H2,3-4H3/b21-15+,22-16+. The van der Waals surface area contributed by atoms with Crippen molar-refractivity contribution in [3.05, 3.63) is 84.0 Å². The Bertz CT molecular complexity index is 978. The van der Waals surface area contributed by atoms with Crippen LogP contribution in [0.4, 0.5) is 0 Å². The van der Waals surface area contributed by atoms with Gasteiger partial charge in [0.15, 0.2) is 28.8 Å². The van der Waals surface area contributed by atoms with Crippen molar-refractivity contribution in [1.29, 1.82) is 0 Å². The molecule has 0 spiro atoms. The molecule has 0 N–H and O–H groups in total. The van der Waals surface area contributed by atoms with Crippen LogP contribution in [0.25, 0.3) is 12.2 Å². The third-order valence-electron chi connectivity index (χ3n) is 5.02. The Morgan fingerprint density at radius 2 is 1.19 bits per heavy atom. The summed E-state index contributed by atoms with van der Waals surface area (Å²) in [7, 11) is 3.19. The van der Waals surface area contributed by atoms with Crippen LogP contribution in [0.1, 0.15) is 24.0 Å². The van der Waals surface area contributed by atoms with E-state index < -0.39 is 0 Å². The van der Waals surface area contributed by atoms with Gasteiger partial charge in [0.1, 0.15) is 13.2 Å². The molecule has 0 amide bonds. The van der Waals surface area contributed by atoms with E-state index in [1.165, 1.54) is 0 Å². The highest BCUT2D eigenvalue weighted by Gasteiger charge is 2.23. The number of ketones is 1. The van der Waals surface area contributed by atoms with Gasteiger partial charge in [0.05, 0.1) is 14.2 Å². The highest BCUT2D eigenvalue weighted by Crippen LogP contribution is 2.34. The zero-order valence-electron chi connectivity index (χ0n) is 18.6. The predicted molar refractivity (Wildman–Crippen MR) is 128 cm³/mol. The number of rotatable bonds is 10. The largest absolute Gasteiger partial charge is 0.493 e. The second-order valence-corrected chi connectivity index (χ2v) is 7.19. The van der Waals surface area contributed by atoms with Crippen molar-refractivity contribution in [2.75, 3.05) is 27.4 Å². The molecule has 1 fully saturated rings. The lowest BCUT2D eigenvalue weighted by atomic mass is 10.1. The fourth-order valence-corrected chi connectivity index (χ4v) is 3.46. The van der Waals surface area contributed by atoms with Gasteiger partial charge in [-0.1, -0.05) is 37.4 Å². The van der Waals surface area contributed by atoms with Crippen LogP contribution in [0.3, 0.4) is 0 Å². The number of Topliss-reactive ketones (excluding diaryl/α,β-unsaturated/α-hetero) is 1. The molecule has 2 aromatic rings. The molecule has 3 rings (SSSR count). The second kappa shape index (κ2) is 11.0. The zero-order chi connectivity index (χ0) is 22.9. The number of ether oxygens (including phenoxy) is 4. The fraction of sp³-hybridized carbons (Fsp3) is 0.222. The minimum atomic E-state index is 0.0573. The van der Waals surface area contributed by atoms with E-state index in [9.17, 15) is 4.79 Å². The molecule has 0 atom stereocenters. The molecular formula is C27H28O5. The van der Waals surface area contributed by atoms with Crippen LogP contribution in [0.15, 0.2) is 72.9 Å². The average Bonchev–Trinajstić information content (AvgIpc) is 3.15. The van der Waals surface area contributed by atoms with E-state index in [2.05, 4.69) is 13.2 Å². The van der Waals surface area contributed by atoms with Crippen molar-refractivity contribution < 1.29 is 23.7 Å². The molecule has 0 radical (unpaired) electrons. The molecule has 166 valence electrons. The maximum Gasteiger partial charge on any atom is 0.185 e. The van der Waals surface area contributed by atoms with E-state index in [1.54, 1.807) is 26.4 Å². The van der Waals surface area contributed by atoms with E-state index >= 15 is 0 Å². The summed E-state index contributed by atoms with van der Waals surface area (Å²) < 4.78 is 22.0. The lowest BCUT2D eigenvalue weighted by Crippen LogP contribution is -1.98. The van der Waals surface area contributed by atoms with E-state index in [4.69, 9.17) is 18.9 Å². The van der Waals surface area contributed by atoms with Crippen LogP contribution in [0.2, 0.25) is 0 Å². The third kappa shape index (κ3) is 5.49. The Labute approximate surface area is 189 Å². The Hall–Kier alpha value is -3.73. The summed E-state index contributed by atoms with van der Waals surface area (Å²) >= 11 is 0. The molecule has 1 saturated carbocycles. The van der Waals surface area contributed by atoms with E-state index in [-0.39, 0.29) is 5.78 Å². The summed E-state index contributed by atoms with van der Waals surface area (Å²) in [5.41, 5.74) is 3.33. The van der Waals surface area contributed by atoms with Crippen molar-refractivity contribution >= 4 is 17.9 Å². The molecule has 0 aromatic heterocycles. The minimum absolute atomic E-state index is 0.0573. The highest BCUT2D eigenvalue weighted by atomic mass is 16.5.